The summed E-state index contributed by atoms with van der Waals surface area (Å²) in [6, 6.07) is 15.1. The number of allylic oxidation sites excluding steroid dienone is 1. The predicted octanol–water partition coefficient (Wildman–Crippen LogP) is 3.27. The SMILES string of the molecule is C=CC[C@H](CO)S(=O)(=O)N(Cc1ccc(C)cc1)Cc1ccc(OC)cc1. The van der Waals surface area contributed by atoms with Gasteiger partial charge in [0.2, 0.25) is 10.0 Å². The fourth-order valence-electron chi connectivity index (χ4n) is 2.75. The molecule has 0 bridgehead atoms. The van der Waals surface area contributed by atoms with Crippen LogP contribution < -0.4 is 4.74 Å². The first-order valence-electron chi connectivity index (χ1n) is 8.80. The molecule has 2 aromatic rings. The van der Waals surface area contributed by atoms with Crippen LogP contribution in [0.5, 0.6) is 5.75 Å². The zero-order valence-electron chi connectivity index (χ0n) is 15.8. The summed E-state index contributed by atoms with van der Waals surface area (Å²) in [4.78, 5) is 0. The Morgan fingerprint density at radius 1 is 1.07 bits per heavy atom. The van der Waals surface area contributed by atoms with Crippen molar-refractivity contribution in [2.75, 3.05) is 13.7 Å². The molecule has 0 fully saturated rings. The van der Waals surface area contributed by atoms with Crippen LogP contribution in [0, 0.1) is 6.92 Å². The zero-order valence-corrected chi connectivity index (χ0v) is 16.7. The van der Waals surface area contributed by atoms with Crippen LogP contribution >= 0.6 is 0 Å². The van der Waals surface area contributed by atoms with Crippen LogP contribution in [0.25, 0.3) is 0 Å². The predicted molar refractivity (Wildman–Crippen MR) is 108 cm³/mol. The van der Waals surface area contributed by atoms with Gasteiger partial charge in [0, 0.05) is 13.1 Å². The average molecular weight is 390 g/mol. The lowest BCUT2D eigenvalue weighted by molar-refractivity contribution is 0.281. The van der Waals surface area contributed by atoms with Crippen LogP contribution in [-0.2, 0) is 23.1 Å². The van der Waals surface area contributed by atoms with E-state index in [0.717, 1.165) is 16.7 Å². The van der Waals surface area contributed by atoms with Crippen molar-refractivity contribution in [3.8, 4) is 5.75 Å². The number of aliphatic hydroxyl groups is 1. The Labute approximate surface area is 162 Å². The molecule has 0 unspecified atom stereocenters. The summed E-state index contributed by atoms with van der Waals surface area (Å²) in [5.41, 5.74) is 2.86. The van der Waals surface area contributed by atoms with Crippen LogP contribution in [0.2, 0.25) is 0 Å². The normalized spacial score (nSPS) is 12.7. The van der Waals surface area contributed by atoms with E-state index in [9.17, 15) is 13.5 Å². The molecule has 0 radical (unpaired) electrons. The van der Waals surface area contributed by atoms with E-state index in [-0.39, 0.29) is 19.5 Å². The highest BCUT2D eigenvalue weighted by atomic mass is 32.2. The Balaban J connectivity index is 2.33. The third-order valence-electron chi connectivity index (χ3n) is 4.41. The molecule has 27 heavy (non-hydrogen) atoms. The van der Waals surface area contributed by atoms with Crippen LogP contribution in [0.4, 0.5) is 0 Å². The minimum absolute atomic E-state index is 0.200. The van der Waals surface area contributed by atoms with E-state index in [1.807, 2.05) is 43.3 Å². The highest BCUT2D eigenvalue weighted by Crippen LogP contribution is 2.21. The second-order valence-corrected chi connectivity index (χ2v) is 8.69. The molecule has 0 spiro atoms. The van der Waals surface area contributed by atoms with Crippen molar-refractivity contribution in [2.24, 2.45) is 0 Å². The fourth-order valence-corrected chi connectivity index (χ4v) is 4.40. The summed E-state index contributed by atoms with van der Waals surface area (Å²) >= 11 is 0. The molecule has 0 aliphatic heterocycles. The van der Waals surface area contributed by atoms with Crippen molar-refractivity contribution in [1.29, 1.82) is 0 Å². The number of aliphatic hydroxyl groups excluding tert-OH is 1. The van der Waals surface area contributed by atoms with E-state index in [2.05, 4.69) is 6.58 Å². The quantitative estimate of drug-likeness (QED) is 0.634. The van der Waals surface area contributed by atoms with E-state index in [1.54, 1.807) is 19.2 Å². The number of aryl methyl sites for hydroxylation is 1. The average Bonchev–Trinajstić information content (AvgIpc) is 2.67. The standard InChI is InChI=1S/C21H27NO4S/c1-4-5-21(16-23)27(24,25)22(14-18-8-6-17(2)7-9-18)15-19-10-12-20(26-3)13-11-19/h4,6-13,21,23H,1,5,14-16H2,2-3H3/t21-/m1/s1. The number of methoxy groups -OCH3 is 1. The molecular formula is C21H27NO4S. The number of nitrogens with zero attached hydrogens (tertiary/aromatic N) is 1. The van der Waals surface area contributed by atoms with Crippen molar-refractivity contribution in [3.63, 3.8) is 0 Å². The molecule has 0 saturated heterocycles. The summed E-state index contributed by atoms with van der Waals surface area (Å²) in [6.45, 7) is 5.61. The molecule has 2 rings (SSSR count). The molecule has 146 valence electrons. The second kappa shape index (κ2) is 9.69. The second-order valence-electron chi connectivity index (χ2n) is 6.48. The van der Waals surface area contributed by atoms with Gasteiger partial charge in [0.05, 0.1) is 13.7 Å². The van der Waals surface area contributed by atoms with Crippen LogP contribution in [0.1, 0.15) is 23.1 Å². The molecule has 1 N–H and O–H groups in total. The van der Waals surface area contributed by atoms with Gasteiger partial charge in [-0.05, 0) is 36.6 Å². The minimum atomic E-state index is -3.72. The molecule has 0 aliphatic rings. The molecule has 5 nitrogen and oxygen atoms in total. The van der Waals surface area contributed by atoms with E-state index in [1.165, 1.54) is 10.4 Å². The molecule has 0 amide bonds. The van der Waals surface area contributed by atoms with Gasteiger partial charge in [0.1, 0.15) is 11.0 Å². The van der Waals surface area contributed by atoms with Gasteiger partial charge in [0.15, 0.2) is 0 Å². The largest absolute Gasteiger partial charge is 0.497 e. The summed E-state index contributed by atoms with van der Waals surface area (Å²) in [6.07, 6.45) is 1.72. The van der Waals surface area contributed by atoms with Gasteiger partial charge in [-0.3, -0.25) is 0 Å². The molecule has 0 aliphatic carbocycles. The summed E-state index contributed by atoms with van der Waals surface area (Å²) in [5, 5.41) is 8.70. The first kappa shape index (κ1) is 21.2. The Kier molecular flexibility index (Phi) is 7.59. The van der Waals surface area contributed by atoms with E-state index < -0.39 is 21.9 Å². The highest BCUT2D eigenvalue weighted by molar-refractivity contribution is 7.89. The lowest BCUT2D eigenvalue weighted by Crippen LogP contribution is -2.39. The van der Waals surface area contributed by atoms with Gasteiger partial charge < -0.3 is 9.84 Å². The van der Waals surface area contributed by atoms with E-state index in [0.29, 0.717) is 5.75 Å². The number of benzene rings is 2. The fraction of sp³-hybridized carbons (Fsp3) is 0.333. The van der Waals surface area contributed by atoms with Crippen molar-refractivity contribution >= 4 is 10.0 Å². The summed E-state index contributed by atoms with van der Waals surface area (Å²) in [5.74, 6) is 0.714. The third-order valence-corrected chi connectivity index (χ3v) is 6.57. The molecular weight excluding hydrogens is 362 g/mol. The van der Waals surface area contributed by atoms with Crippen molar-refractivity contribution in [1.82, 2.24) is 4.31 Å². The number of hydrogen-bond donors (Lipinski definition) is 1. The number of sulfonamides is 1. The maximum absolute atomic E-state index is 13.1. The Morgan fingerprint density at radius 2 is 1.59 bits per heavy atom. The molecule has 1 atom stereocenters. The molecule has 0 aromatic heterocycles. The Morgan fingerprint density at radius 3 is 2.04 bits per heavy atom. The van der Waals surface area contributed by atoms with Gasteiger partial charge >= 0.3 is 0 Å². The summed E-state index contributed by atoms with van der Waals surface area (Å²) in [7, 11) is -2.13. The van der Waals surface area contributed by atoms with Crippen molar-refractivity contribution in [3.05, 3.63) is 77.9 Å². The van der Waals surface area contributed by atoms with Gasteiger partial charge in [0.25, 0.3) is 0 Å². The molecule has 6 heteroatoms. The highest BCUT2D eigenvalue weighted by Gasteiger charge is 2.31. The molecule has 0 heterocycles. The zero-order chi connectivity index (χ0) is 19.9. The van der Waals surface area contributed by atoms with Crippen LogP contribution in [0.15, 0.2) is 61.2 Å². The van der Waals surface area contributed by atoms with E-state index >= 15 is 0 Å². The topological polar surface area (TPSA) is 66.8 Å². The lowest BCUT2D eigenvalue weighted by atomic mass is 10.1. The minimum Gasteiger partial charge on any atom is -0.497 e. The Hall–Kier alpha value is -2.15. The maximum Gasteiger partial charge on any atom is 0.220 e. The molecule has 2 aromatic carbocycles. The van der Waals surface area contributed by atoms with Crippen LogP contribution in [-0.4, -0.2) is 36.8 Å². The summed E-state index contributed by atoms with van der Waals surface area (Å²) < 4.78 is 32.9. The Bertz CT molecular complexity index is 829. The molecule has 0 saturated carbocycles. The number of ether oxygens (including phenoxy) is 1. The number of hydrogen-bond acceptors (Lipinski definition) is 4. The van der Waals surface area contributed by atoms with Gasteiger partial charge in [-0.2, -0.15) is 4.31 Å². The van der Waals surface area contributed by atoms with Crippen molar-refractivity contribution in [2.45, 2.75) is 31.7 Å². The lowest BCUT2D eigenvalue weighted by Gasteiger charge is -2.26. The number of rotatable bonds is 10. The smallest absolute Gasteiger partial charge is 0.220 e. The maximum atomic E-state index is 13.1. The third kappa shape index (κ3) is 5.66. The first-order chi connectivity index (χ1) is 12.9. The first-order valence-corrected chi connectivity index (χ1v) is 10.3. The van der Waals surface area contributed by atoms with E-state index in [4.69, 9.17) is 4.74 Å². The van der Waals surface area contributed by atoms with Gasteiger partial charge in [-0.1, -0.05) is 48.0 Å². The van der Waals surface area contributed by atoms with Crippen molar-refractivity contribution < 1.29 is 18.3 Å². The van der Waals surface area contributed by atoms with Crippen LogP contribution in [0.3, 0.4) is 0 Å². The monoisotopic (exact) mass is 389 g/mol. The van der Waals surface area contributed by atoms with Gasteiger partial charge in [-0.25, -0.2) is 8.42 Å². The van der Waals surface area contributed by atoms with Gasteiger partial charge in [-0.15, -0.1) is 6.58 Å².